The highest BCUT2D eigenvalue weighted by Gasteiger charge is 2.27. The van der Waals surface area contributed by atoms with E-state index in [0.717, 1.165) is 0 Å². The summed E-state index contributed by atoms with van der Waals surface area (Å²) in [6.45, 7) is 0.892. The summed E-state index contributed by atoms with van der Waals surface area (Å²) in [6, 6.07) is 1.62. The maximum atomic E-state index is 11.9. The van der Waals surface area contributed by atoms with Crippen LogP contribution in [0.25, 0.3) is 0 Å². The number of benzene rings is 1. The van der Waals surface area contributed by atoms with E-state index in [1.165, 1.54) is 14.2 Å². The molecule has 0 saturated heterocycles. The fraction of sp³-hybridized carbons (Fsp3) is 0.417. The molecule has 0 radical (unpaired) electrons. The van der Waals surface area contributed by atoms with E-state index in [-0.39, 0.29) is 11.1 Å². The van der Waals surface area contributed by atoms with Crippen LogP contribution in [0.4, 0.5) is 0 Å². The van der Waals surface area contributed by atoms with Crippen molar-refractivity contribution in [2.75, 3.05) is 32.8 Å². The van der Waals surface area contributed by atoms with Crippen molar-refractivity contribution in [2.24, 2.45) is 0 Å². The third-order valence-electron chi connectivity index (χ3n) is 2.57. The Morgan fingerprint density at radius 3 is 2.56 bits per heavy atom. The molecule has 1 aromatic carbocycles. The highest BCUT2D eigenvalue weighted by molar-refractivity contribution is 9.09. The second-order valence-electron chi connectivity index (χ2n) is 3.57. The third kappa shape index (κ3) is 2.12. The Hall–Kier alpha value is -1.43. The number of halogens is 1. The van der Waals surface area contributed by atoms with Crippen LogP contribution in [-0.2, 0) is 0 Å². The number of ketones is 1. The lowest BCUT2D eigenvalue weighted by atomic mass is 10.1. The lowest BCUT2D eigenvalue weighted by molar-refractivity contribution is 0.101. The van der Waals surface area contributed by atoms with Gasteiger partial charge in [-0.25, -0.2) is 0 Å². The largest absolute Gasteiger partial charge is 0.492 e. The average molecular weight is 317 g/mol. The number of alkyl halides is 1. The summed E-state index contributed by atoms with van der Waals surface area (Å²) in [5.41, 5.74) is 0.412. The van der Waals surface area contributed by atoms with Gasteiger partial charge in [-0.15, -0.1) is 0 Å². The molecule has 0 spiro atoms. The molecule has 0 N–H and O–H groups in total. The molecule has 6 heteroatoms. The van der Waals surface area contributed by atoms with Gasteiger partial charge in [0, 0.05) is 0 Å². The lowest BCUT2D eigenvalue weighted by Gasteiger charge is -2.23. The van der Waals surface area contributed by atoms with Crippen molar-refractivity contribution in [1.29, 1.82) is 0 Å². The molecule has 1 heterocycles. The number of fused-ring (bicyclic) bond motifs is 1. The average Bonchev–Trinajstić information content (AvgIpc) is 2.44. The smallest absolute Gasteiger partial charge is 0.208 e. The lowest BCUT2D eigenvalue weighted by Crippen LogP contribution is -2.17. The summed E-state index contributed by atoms with van der Waals surface area (Å²) in [5, 5.41) is 0.201. The summed E-state index contributed by atoms with van der Waals surface area (Å²) in [5.74, 6) is 1.63. The van der Waals surface area contributed by atoms with Gasteiger partial charge in [-0.2, -0.15) is 0 Å². The molecule has 0 amide bonds. The first kappa shape index (κ1) is 13.0. The predicted octanol–water partition coefficient (Wildman–Crippen LogP) is 2.05. The van der Waals surface area contributed by atoms with Crippen LogP contribution in [0.5, 0.6) is 23.0 Å². The second-order valence-corrected chi connectivity index (χ2v) is 4.13. The zero-order valence-corrected chi connectivity index (χ0v) is 11.7. The third-order valence-corrected chi connectivity index (χ3v) is 3.08. The van der Waals surface area contributed by atoms with Crippen LogP contribution in [0.2, 0.25) is 0 Å². The normalized spacial score (nSPS) is 13.1. The van der Waals surface area contributed by atoms with E-state index in [9.17, 15) is 4.79 Å². The molecular weight excluding hydrogens is 304 g/mol. The quantitative estimate of drug-likeness (QED) is 0.628. The van der Waals surface area contributed by atoms with Crippen LogP contribution in [0, 0.1) is 0 Å². The van der Waals surface area contributed by atoms with E-state index in [1.54, 1.807) is 6.07 Å². The van der Waals surface area contributed by atoms with Crippen molar-refractivity contribution in [1.82, 2.24) is 0 Å². The maximum Gasteiger partial charge on any atom is 0.208 e. The maximum absolute atomic E-state index is 11.9. The minimum absolute atomic E-state index is 0.109. The summed E-state index contributed by atoms with van der Waals surface area (Å²) in [7, 11) is 2.98. The molecule has 1 aliphatic rings. The van der Waals surface area contributed by atoms with Crippen molar-refractivity contribution in [3.8, 4) is 23.0 Å². The zero-order chi connectivity index (χ0) is 13.1. The van der Waals surface area contributed by atoms with E-state index < -0.39 is 0 Å². The van der Waals surface area contributed by atoms with Crippen LogP contribution in [0.3, 0.4) is 0 Å². The number of rotatable bonds is 4. The van der Waals surface area contributed by atoms with Crippen molar-refractivity contribution in [3.05, 3.63) is 11.6 Å². The predicted molar refractivity (Wildman–Crippen MR) is 68.7 cm³/mol. The fourth-order valence-corrected chi connectivity index (χ4v) is 2.11. The molecule has 0 unspecified atom stereocenters. The number of carbonyl (C=O) groups is 1. The van der Waals surface area contributed by atoms with Crippen LogP contribution in [-0.4, -0.2) is 38.5 Å². The minimum Gasteiger partial charge on any atom is -0.492 e. The molecule has 0 aromatic heterocycles. The summed E-state index contributed by atoms with van der Waals surface area (Å²) in [6.07, 6.45) is 0. The minimum atomic E-state index is -0.109. The molecule has 0 aliphatic carbocycles. The molecule has 0 fully saturated rings. The standard InChI is InChI=1S/C12H13BrO5/c1-15-10-7(8(14)6-13)5-9-11(12(10)16-2)18-4-3-17-9/h5H,3-4,6H2,1-2H3. The molecule has 2 rings (SSSR count). The number of hydrogen-bond donors (Lipinski definition) is 0. The molecule has 0 bridgehead atoms. The Morgan fingerprint density at radius 1 is 1.28 bits per heavy atom. The highest BCUT2D eigenvalue weighted by Crippen LogP contribution is 2.48. The van der Waals surface area contributed by atoms with Crippen LogP contribution in [0.15, 0.2) is 6.07 Å². The summed E-state index contributed by atoms with van der Waals surface area (Å²) in [4.78, 5) is 11.9. The van der Waals surface area contributed by atoms with Gasteiger partial charge in [0.25, 0.3) is 0 Å². The molecular formula is C12H13BrO5. The van der Waals surface area contributed by atoms with Gasteiger partial charge in [0.2, 0.25) is 11.5 Å². The first-order valence-electron chi connectivity index (χ1n) is 5.36. The SMILES string of the molecule is COc1c(C(=O)CBr)cc2c(c1OC)OCCO2. The number of hydrogen-bond acceptors (Lipinski definition) is 5. The van der Waals surface area contributed by atoms with Crippen LogP contribution in [0.1, 0.15) is 10.4 Å². The Balaban J connectivity index is 2.63. The van der Waals surface area contributed by atoms with E-state index in [0.29, 0.717) is 41.8 Å². The van der Waals surface area contributed by atoms with Gasteiger partial charge in [-0.3, -0.25) is 4.79 Å². The van der Waals surface area contributed by atoms with E-state index >= 15 is 0 Å². The molecule has 1 aliphatic heterocycles. The Morgan fingerprint density at radius 2 is 1.94 bits per heavy atom. The van der Waals surface area contributed by atoms with Gasteiger partial charge < -0.3 is 18.9 Å². The molecule has 98 valence electrons. The van der Waals surface area contributed by atoms with E-state index in [1.807, 2.05) is 0 Å². The van der Waals surface area contributed by atoms with Gasteiger partial charge >= 0.3 is 0 Å². The number of ether oxygens (including phenoxy) is 4. The fourth-order valence-electron chi connectivity index (χ4n) is 1.81. The van der Waals surface area contributed by atoms with Gasteiger partial charge in [0.05, 0.1) is 25.1 Å². The van der Waals surface area contributed by atoms with E-state index in [4.69, 9.17) is 18.9 Å². The first-order chi connectivity index (χ1) is 8.72. The van der Waals surface area contributed by atoms with Gasteiger partial charge in [-0.1, -0.05) is 15.9 Å². The highest BCUT2D eigenvalue weighted by atomic mass is 79.9. The molecule has 1 aromatic rings. The monoisotopic (exact) mass is 316 g/mol. The van der Waals surface area contributed by atoms with Gasteiger partial charge in [0.15, 0.2) is 17.3 Å². The van der Waals surface area contributed by atoms with Crippen LogP contribution >= 0.6 is 15.9 Å². The van der Waals surface area contributed by atoms with Crippen molar-refractivity contribution in [3.63, 3.8) is 0 Å². The van der Waals surface area contributed by atoms with Gasteiger partial charge in [-0.05, 0) is 6.07 Å². The Labute approximate surface area is 113 Å². The molecule has 5 nitrogen and oxygen atoms in total. The molecule has 0 saturated carbocycles. The first-order valence-corrected chi connectivity index (χ1v) is 6.48. The Bertz CT molecular complexity index is 472. The van der Waals surface area contributed by atoms with Gasteiger partial charge in [0.1, 0.15) is 13.2 Å². The Kier molecular flexibility index (Phi) is 3.96. The molecule has 18 heavy (non-hydrogen) atoms. The van der Waals surface area contributed by atoms with Crippen molar-refractivity contribution >= 4 is 21.7 Å². The number of Topliss-reactive ketones (excluding diaryl/α,β-unsaturated/α-hetero) is 1. The van der Waals surface area contributed by atoms with E-state index in [2.05, 4.69) is 15.9 Å². The van der Waals surface area contributed by atoms with Crippen LogP contribution < -0.4 is 18.9 Å². The topological polar surface area (TPSA) is 54.0 Å². The number of carbonyl (C=O) groups excluding carboxylic acids is 1. The zero-order valence-electron chi connectivity index (χ0n) is 10.1. The molecule has 0 atom stereocenters. The van der Waals surface area contributed by atoms with Crippen molar-refractivity contribution in [2.45, 2.75) is 0 Å². The number of methoxy groups -OCH3 is 2. The second kappa shape index (κ2) is 5.48. The summed E-state index contributed by atoms with van der Waals surface area (Å²) >= 11 is 3.14. The summed E-state index contributed by atoms with van der Waals surface area (Å²) < 4.78 is 21.5. The van der Waals surface area contributed by atoms with Crippen molar-refractivity contribution < 1.29 is 23.7 Å².